The van der Waals surface area contributed by atoms with Crippen LogP contribution in [0.3, 0.4) is 0 Å². The average Bonchev–Trinajstić information content (AvgIpc) is 3.00. The van der Waals surface area contributed by atoms with Gasteiger partial charge in [0.15, 0.2) is 0 Å². The van der Waals surface area contributed by atoms with Gasteiger partial charge < -0.3 is 5.11 Å². The van der Waals surface area contributed by atoms with Crippen molar-refractivity contribution in [3.8, 4) is 6.07 Å². The van der Waals surface area contributed by atoms with Crippen LogP contribution >= 0.6 is 11.3 Å². The maximum Gasteiger partial charge on any atom is 0.242 e. The van der Waals surface area contributed by atoms with E-state index in [4.69, 9.17) is 5.26 Å². The SMILES string of the molecule is CC(O)(CNS(=O)(=O)c1cccc(F)c1C#N)c1ccsc1. The minimum atomic E-state index is -4.12. The number of halogens is 1. The highest BCUT2D eigenvalue weighted by molar-refractivity contribution is 7.89. The standard InChI is InChI=1S/C14H13FN2O3S2/c1-14(18,10-5-6-21-8-10)9-17-22(19,20)13-4-2-3-12(15)11(13)7-16/h2-6,8,17-18H,9H2,1H3. The van der Waals surface area contributed by atoms with Gasteiger partial charge in [0, 0.05) is 6.54 Å². The Hall–Kier alpha value is -1.79. The highest BCUT2D eigenvalue weighted by atomic mass is 32.2. The molecule has 2 rings (SSSR count). The molecule has 1 heterocycles. The van der Waals surface area contributed by atoms with Gasteiger partial charge in [-0.1, -0.05) is 6.07 Å². The molecule has 0 amide bonds. The lowest BCUT2D eigenvalue weighted by Gasteiger charge is -2.22. The van der Waals surface area contributed by atoms with Crippen LogP contribution in [0.4, 0.5) is 4.39 Å². The summed E-state index contributed by atoms with van der Waals surface area (Å²) in [4.78, 5) is -0.448. The van der Waals surface area contributed by atoms with Gasteiger partial charge >= 0.3 is 0 Å². The van der Waals surface area contributed by atoms with E-state index in [-0.39, 0.29) is 6.54 Å². The fourth-order valence-electron chi connectivity index (χ4n) is 1.82. The van der Waals surface area contributed by atoms with Crippen LogP contribution in [0.2, 0.25) is 0 Å². The molecule has 1 aromatic heterocycles. The zero-order valence-electron chi connectivity index (χ0n) is 11.6. The first kappa shape index (κ1) is 16.6. The number of thiophene rings is 1. The third-order valence-corrected chi connectivity index (χ3v) is 5.25. The van der Waals surface area contributed by atoms with Crippen molar-refractivity contribution in [1.29, 1.82) is 5.26 Å². The lowest BCUT2D eigenvalue weighted by molar-refractivity contribution is 0.0632. The number of nitrogens with zero attached hydrogens (tertiary/aromatic N) is 1. The molecule has 116 valence electrons. The normalized spacial score (nSPS) is 14.3. The van der Waals surface area contributed by atoms with Gasteiger partial charge in [0.1, 0.15) is 27.9 Å². The number of nitriles is 1. The Morgan fingerprint density at radius 2 is 2.18 bits per heavy atom. The van der Waals surface area contributed by atoms with Crippen molar-refractivity contribution in [2.24, 2.45) is 0 Å². The maximum atomic E-state index is 13.5. The maximum absolute atomic E-state index is 13.5. The molecule has 2 aromatic rings. The molecular formula is C14H13FN2O3S2. The molecule has 1 unspecified atom stereocenters. The molecule has 1 atom stereocenters. The molecule has 0 saturated carbocycles. The van der Waals surface area contributed by atoms with Gasteiger partial charge in [-0.05, 0) is 41.4 Å². The molecular weight excluding hydrogens is 327 g/mol. The van der Waals surface area contributed by atoms with Crippen LogP contribution < -0.4 is 4.72 Å². The molecule has 0 aliphatic carbocycles. The Kier molecular flexibility index (Phi) is 4.63. The predicted molar refractivity (Wildman–Crippen MR) is 80.2 cm³/mol. The minimum absolute atomic E-state index is 0.298. The van der Waals surface area contributed by atoms with E-state index in [1.165, 1.54) is 30.4 Å². The molecule has 22 heavy (non-hydrogen) atoms. The highest BCUT2D eigenvalue weighted by Crippen LogP contribution is 2.23. The van der Waals surface area contributed by atoms with Gasteiger partial charge in [-0.25, -0.2) is 17.5 Å². The van der Waals surface area contributed by atoms with E-state index in [0.717, 1.165) is 12.1 Å². The Morgan fingerprint density at radius 1 is 1.45 bits per heavy atom. The minimum Gasteiger partial charge on any atom is -0.384 e. The smallest absolute Gasteiger partial charge is 0.242 e. The van der Waals surface area contributed by atoms with Crippen molar-refractivity contribution in [2.75, 3.05) is 6.54 Å². The van der Waals surface area contributed by atoms with Gasteiger partial charge in [0.2, 0.25) is 10.0 Å². The van der Waals surface area contributed by atoms with Gasteiger partial charge in [-0.2, -0.15) is 16.6 Å². The van der Waals surface area contributed by atoms with E-state index in [9.17, 15) is 17.9 Å². The van der Waals surface area contributed by atoms with Crippen molar-refractivity contribution in [2.45, 2.75) is 17.4 Å². The van der Waals surface area contributed by atoms with E-state index in [0.29, 0.717) is 5.56 Å². The summed E-state index contributed by atoms with van der Waals surface area (Å²) >= 11 is 1.37. The predicted octanol–water partition coefficient (Wildman–Crippen LogP) is 1.94. The summed E-state index contributed by atoms with van der Waals surface area (Å²) in [5.41, 5.74) is -1.39. The molecule has 0 saturated heterocycles. The molecule has 0 aliphatic rings. The topological polar surface area (TPSA) is 90.2 Å². The second-order valence-corrected chi connectivity index (χ2v) is 7.35. The zero-order valence-corrected chi connectivity index (χ0v) is 13.2. The third kappa shape index (κ3) is 3.34. The van der Waals surface area contributed by atoms with E-state index in [2.05, 4.69) is 4.72 Å². The Morgan fingerprint density at radius 3 is 2.77 bits per heavy atom. The lowest BCUT2D eigenvalue weighted by Crippen LogP contribution is -2.38. The van der Waals surface area contributed by atoms with E-state index in [1.807, 2.05) is 0 Å². The molecule has 5 nitrogen and oxygen atoms in total. The van der Waals surface area contributed by atoms with Crippen LogP contribution in [0.5, 0.6) is 0 Å². The summed E-state index contributed by atoms with van der Waals surface area (Å²) in [7, 11) is -4.12. The van der Waals surface area contributed by atoms with E-state index < -0.39 is 31.9 Å². The summed E-state index contributed by atoms with van der Waals surface area (Å²) in [6, 6.07) is 6.59. The monoisotopic (exact) mass is 340 g/mol. The second kappa shape index (κ2) is 6.14. The van der Waals surface area contributed by atoms with Crippen LogP contribution in [0.1, 0.15) is 18.1 Å². The molecule has 0 bridgehead atoms. The summed E-state index contributed by atoms with van der Waals surface area (Å²) in [5, 5.41) is 22.7. The summed E-state index contributed by atoms with van der Waals surface area (Å²) in [6.45, 7) is 1.17. The second-order valence-electron chi connectivity index (χ2n) is 4.84. The zero-order chi connectivity index (χ0) is 16.4. The number of sulfonamides is 1. The molecule has 8 heteroatoms. The quantitative estimate of drug-likeness (QED) is 0.870. The van der Waals surface area contributed by atoms with Gasteiger partial charge in [-0.15, -0.1) is 0 Å². The van der Waals surface area contributed by atoms with Crippen molar-refractivity contribution < 1.29 is 17.9 Å². The van der Waals surface area contributed by atoms with Crippen LogP contribution in [0, 0.1) is 17.1 Å². The largest absolute Gasteiger partial charge is 0.384 e. The molecule has 0 aliphatic heterocycles. The van der Waals surface area contributed by atoms with Crippen LogP contribution in [-0.2, 0) is 15.6 Å². The van der Waals surface area contributed by atoms with Crippen LogP contribution in [0.25, 0.3) is 0 Å². The number of nitrogens with one attached hydrogen (secondary N) is 1. The number of hydrogen-bond acceptors (Lipinski definition) is 5. The fraction of sp³-hybridized carbons (Fsp3) is 0.214. The number of benzene rings is 1. The number of aliphatic hydroxyl groups is 1. The van der Waals surface area contributed by atoms with E-state index in [1.54, 1.807) is 16.8 Å². The van der Waals surface area contributed by atoms with Crippen LogP contribution in [0.15, 0.2) is 39.9 Å². The summed E-state index contributed by atoms with van der Waals surface area (Å²) in [5.74, 6) is -0.907. The Labute approximate surface area is 131 Å². The Balaban J connectivity index is 2.27. The van der Waals surface area contributed by atoms with Crippen LogP contribution in [-0.4, -0.2) is 20.1 Å². The molecule has 2 N–H and O–H groups in total. The first-order valence-electron chi connectivity index (χ1n) is 6.21. The molecule has 0 fully saturated rings. The number of hydrogen-bond donors (Lipinski definition) is 2. The van der Waals surface area contributed by atoms with Crippen molar-refractivity contribution in [3.63, 3.8) is 0 Å². The molecule has 1 aromatic carbocycles. The molecule has 0 radical (unpaired) electrons. The van der Waals surface area contributed by atoms with Crippen molar-refractivity contribution in [1.82, 2.24) is 4.72 Å². The van der Waals surface area contributed by atoms with Crippen molar-refractivity contribution in [3.05, 3.63) is 52.0 Å². The van der Waals surface area contributed by atoms with E-state index >= 15 is 0 Å². The first-order chi connectivity index (χ1) is 10.3. The molecule has 0 spiro atoms. The number of rotatable bonds is 5. The van der Waals surface area contributed by atoms with Crippen molar-refractivity contribution >= 4 is 21.4 Å². The summed E-state index contributed by atoms with van der Waals surface area (Å²) < 4.78 is 40.2. The lowest BCUT2D eigenvalue weighted by atomic mass is 10.0. The van der Waals surface area contributed by atoms with Gasteiger partial charge in [0.25, 0.3) is 0 Å². The first-order valence-corrected chi connectivity index (χ1v) is 8.64. The van der Waals surface area contributed by atoms with Gasteiger partial charge in [0.05, 0.1) is 0 Å². The highest BCUT2D eigenvalue weighted by Gasteiger charge is 2.28. The average molecular weight is 340 g/mol. The van der Waals surface area contributed by atoms with Gasteiger partial charge in [-0.3, -0.25) is 0 Å². The summed E-state index contributed by atoms with van der Waals surface area (Å²) in [6.07, 6.45) is 0. The third-order valence-electron chi connectivity index (χ3n) is 3.13. The Bertz CT molecular complexity index is 809. The fourth-order valence-corrected chi connectivity index (χ4v) is 3.90.